The summed E-state index contributed by atoms with van der Waals surface area (Å²) in [5, 5.41) is 7.88. The van der Waals surface area contributed by atoms with Crippen LogP contribution in [-0.4, -0.2) is 11.7 Å². The van der Waals surface area contributed by atoms with Gasteiger partial charge in [-0.15, -0.1) is 11.3 Å². The molecule has 1 aromatic heterocycles. The molecule has 0 fully saturated rings. The number of nitrogens with one attached hydrogen (secondary N) is 2. The van der Waals surface area contributed by atoms with Crippen molar-refractivity contribution in [1.82, 2.24) is 5.32 Å². The van der Waals surface area contributed by atoms with Crippen molar-refractivity contribution in [2.45, 2.75) is 44.7 Å². The second-order valence-electron chi connectivity index (χ2n) is 9.43. The number of carbonyl (C=O) groups excluding carboxylic acids is 2. The van der Waals surface area contributed by atoms with Gasteiger partial charge in [0.15, 0.2) is 5.78 Å². The van der Waals surface area contributed by atoms with Crippen LogP contribution in [0.4, 0.5) is 18.9 Å². The van der Waals surface area contributed by atoms with E-state index in [1.165, 1.54) is 23.5 Å². The van der Waals surface area contributed by atoms with Crippen molar-refractivity contribution in [1.29, 1.82) is 0 Å². The van der Waals surface area contributed by atoms with Gasteiger partial charge in [0.05, 0.1) is 11.5 Å². The van der Waals surface area contributed by atoms with Gasteiger partial charge < -0.3 is 10.6 Å². The summed E-state index contributed by atoms with van der Waals surface area (Å²) in [5.41, 5.74) is 3.54. The second-order valence-corrected chi connectivity index (χ2v) is 10.4. The van der Waals surface area contributed by atoms with Crippen molar-refractivity contribution in [3.8, 4) is 0 Å². The first-order chi connectivity index (χ1) is 17.6. The standard InChI is InChI=1S/C29H25F3N2O2S/c1-16-11-12-37-27(16)26-24(28(36)34-21-10-6-9-20(15-21)29(30,31)32)17(2)33-22-13-19(14-23(35)25(22)26)18-7-4-3-5-8-18/h3-12,15,19,26,33H,13-14H2,1-2H3,(H,34,36). The average molecular weight is 523 g/mol. The number of Topliss-reactive ketones (excluding diaryl/α,β-unsaturated/α-hetero) is 1. The molecule has 0 saturated carbocycles. The van der Waals surface area contributed by atoms with Crippen LogP contribution in [0.2, 0.25) is 0 Å². The van der Waals surface area contributed by atoms with Crippen molar-refractivity contribution in [3.05, 3.63) is 110 Å². The number of thiophene rings is 1. The van der Waals surface area contributed by atoms with E-state index in [1.54, 1.807) is 6.92 Å². The monoisotopic (exact) mass is 522 g/mol. The van der Waals surface area contributed by atoms with E-state index in [9.17, 15) is 22.8 Å². The summed E-state index contributed by atoms with van der Waals surface area (Å²) in [7, 11) is 0. The Morgan fingerprint density at radius 2 is 1.78 bits per heavy atom. The third-order valence-electron chi connectivity index (χ3n) is 6.95. The Hall–Kier alpha value is -3.65. The van der Waals surface area contributed by atoms with E-state index in [0.717, 1.165) is 33.8 Å². The largest absolute Gasteiger partial charge is 0.416 e. The molecule has 1 aliphatic heterocycles. The summed E-state index contributed by atoms with van der Waals surface area (Å²) in [4.78, 5) is 28.1. The minimum Gasteiger partial charge on any atom is -0.362 e. The number of dihydropyridines is 1. The number of allylic oxidation sites excluding steroid dienone is 3. The Bertz CT molecular complexity index is 1440. The van der Waals surface area contributed by atoms with Gasteiger partial charge in [-0.2, -0.15) is 13.2 Å². The molecule has 2 aromatic carbocycles. The Balaban J connectivity index is 1.53. The zero-order valence-corrected chi connectivity index (χ0v) is 21.1. The Labute approximate surface area is 216 Å². The maximum absolute atomic E-state index is 13.6. The molecule has 37 heavy (non-hydrogen) atoms. The van der Waals surface area contributed by atoms with Gasteiger partial charge in [0, 0.05) is 39.5 Å². The number of anilines is 1. The summed E-state index contributed by atoms with van der Waals surface area (Å²) < 4.78 is 39.7. The van der Waals surface area contributed by atoms with Crippen LogP contribution < -0.4 is 10.6 Å². The van der Waals surface area contributed by atoms with Crippen LogP contribution in [0, 0.1) is 6.92 Å². The number of rotatable bonds is 4. The highest BCUT2D eigenvalue weighted by Gasteiger charge is 2.42. The molecule has 0 saturated heterocycles. The average Bonchev–Trinajstić information content (AvgIpc) is 3.28. The number of alkyl halides is 3. The van der Waals surface area contributed by atoms with Crippen LogP contribution in [0.25, 0.3) is 0 Å². The third kappa shape index (κ3) is 4.85. The lowest BCUT2D eigenvalue weighted by Gasteiger charge is -2.36. The molecule has 2 unspecified atom stereocenters. The van der Waals surface area contributed by atoms with E-state index in [-0.39, 0.29) is 17.4 Å². The first-order valence-corrected chi connectivity index (χ1v) is 12.8. The van der Waals surface area contributed by atoms with Crippen molar-refractivity contribution in [2.24, 2.45) is 0 Å². The SMILES string of the molecule is CC1=C(C(=O)Nc2cccc(C(F)(F)F)c2)C(c2sccc2C)C2=C(CC(c3ccccc3)CC2=O)N1. The molecule has 2 heterocycles. The van der Waals surface area contributed by atoms with Crippen LogP contribution >= 0.6 is 11.3 Å². The van der Waals surface area contributed by atoms with Gasteiger partial charge in [-0.25, -0.2) is 0 Å². The molecule has 5 rings (SSSR count). The molecule has 2 N–H and O–H groups in total. The highest BCUT2D eigenvalue weighted by molar-refractivity contribution is 7.10. The van der Waals surface area contributed by atoms with Gasteiger partial charge in [-0.1, -0.05) is 36.4 Å². The fraction of sp³-hybridized carbons (Fsp3) is 0.241. The molecule has 3 aromatic rings. The molecule has 2 aliphatic rings. The molecule has 0 bridgehead atoms. The first-order valence-electron chi connectivity index (χ1n) is 11.9. The van der Waals surface area contributed by atoms with E-state index in [2.05, 4.69) is 10.6 Å². The molecule has 0 spiro atoms. The summed E-state index contributed by atoms with van der Waals surface area (Å²) in [5.74, 6) is -1.13. The molecular formula is C29H25F3N2O2S. The minimum atomic E-state index is -4.53. The molecule has 1 amide bonds. The lowest BCUT2D eigenvalue weighted by molar-refractivity contribution is -0.137. The summed E-state index contributed by atoms with van der Waals surface area (Å²) in [6.07, 6.45) is -3.57. The highest BCUT2D eigenvalue weighted by atomic mass is 32.1. The molecule has 4 nitrogen and oxygen atoms in total. The molecule has 0 radical (unpaired) electrons. The van der Waals surface area contributed by atoms with Gasteiger partial charge in [0.1, 0.15) is 0 Å². The van der Waals surface area contributed by atoms with E-state index in [1.807, 2.05) is 48.7 Å². The number of ketones is 1. The first kappa shape index (κ1) is 25.0. The zero-order chi connectivity index (χ0) is 26.3. The minimum absolute atomic E-state index is 0.0262. The fourth-order valence-electron chi connectivity index (χ4n) is 5.22. The summed E-state index contributed by atoms with van der Waals surface area (Å²) in [6, 6.07) is 16.4. The maximum Gasteiger partial charge on any atom is 0.416 e. The normalized spacial score (nSPS) is 20.0. The second kappa shape index (κ2) is 9.67. The predicted octanol–water partition coefficient (Wildman–Crippen LogP) is 7.08. The topological polar surface area (TPSA) is 58.2 Å². The molecule has 2 atom stereocenters. The van der Waals surface area contributed by atoms with Crippen LogP contribution in [0.15, 0.2) is 88.6 Å². The Morgan fingerprint density at radius 3 is 2.46 bits per heavy atom. The van der Waals surface area contributed by atoms with E-state index >= 15 is 0 Å². The quantitative estimate of drug-likeness (QED) is 0.385. The van der Waals surface area contributed by atoms with Crippen molar-refractivity contribution in [3.63, 3.8) is 0 Å². The zero-order valence-electron chi connectivity index (χ0n) is 20.3. The van der Waals surface area contributed by atoms with Gasteiger partial charge in [-0.05, 0) is 67.0 Å². The molecular weight excluding hydrogens is 497 g/mol. The number of hydrogen-bond acceptors (Lipinski definition) is 4. The van der Waals surface area contributed by atoms with Crippen LogP contribution in [0.5, 0.6) is 0 Å². The van der Waals surface area contributed by atoms with Crippen molar-refractivity contribution >= 4 is 28.7 Å². The molecule has 8 heteroatoms. The van der Waals surface area contributed by atoms with Crippen molar-refractivity contribution in [2.75, 3.05) is 5.32 Å². The fourth-order valence-corrected chi connectivity index (χ4v) is 6.26. The summed E-state index contributed by atoms with van der Waals surface area (Å²) in [6.45, 7) is 3.71. The Morgan fingerprint density at radius 1 is 1.03 bits per heavy atom. The van der Waals surface area contributed by atoms with Gasteiger partial charge in [-0.3, -0.25) is 9.59 Å². The van der Waals surface area contributed by atoms with E-state index in [0.29, 0.717) is 29.7 Å². The number of carbonyl (C=O) groups is 2. The van der Waals surface area contributed by atoms with Crippen LogP contribution in [-0.2, 0) is 15.8 Å². The molecule has 1 aliphatic carbocycles. The lowest BCUT2D eigenvalue weighted by atomic mass is 9.73. The van der Waals surface area contributed by atoms with Crippen molar-refractivity contribution < 1.29 is 22.8 Å². The maximum atomic E-state index is 13.6. The van der Waals surface area contributed by atoms with E-state index < -0.39 is 23.6 Å². The number of aryl methyl sites for hydroxylation is 1. The molecule has 190 valence electrons. The predicted molar refractivity (Wildman–Crippen MR) is 138 cm³/mol. The number of benzene rings is 2. The number of halogens is 3. The van der Waals surface area contributed by atoms with Gasteiger partial charge in [0.2, 0.25) is 0 Å². The van der Waals surface area contributed by atoms with Gasteiger partial charge in [0.25, 0.3) is 5.91 Å². The highest BCUT2D eigenvalue weighted by Crippen LogP contribution is 2.47. The third-order valence-corrected chi connectivity index (χ3v) is 8.04. The number of hydrogen-bond donors (Lipinski definition) is 2. The van der Waals surface area contributed by atoms with Crippen LogP contribution in [0.1, 0.15) is 53.2 Å². The van der Waals surface area contributed by atoms with E-state index in [4.69, 9.17) is 0 Å². The lowest BCUT2D eigenvalue weighted by Crippen LogP contribution is -2.37. The van der Waals surface area contributed by atoms with Crippen LogP contribution in [0.3, 0.4) is 0 Å². The smallest absolute Gasteiger partial charge is 0.362 e. The summed E-state index contributed by atoms with van der Waals surface area (Å²) >= 11 is 1.47. The number of amides is 1. The Kier molecular flexibility index (Phi) is 6.54. The van der Waals surface area contributed by atoms with Gasteiger partial charge >= 0.3 is 6.18 Å².